The normalized spacial score (nSPS) is 13.6. The SMILES string of the molecule is O=C(CN1C(=O)c2ccc(Br)cc2C1=O)O[C@@H](C(=O)c1ccccc1)c1ccc(Cl)cc1. The van der Waals surface area contributed by atoms with E-state index in [9.17, 15) is 19.2 Å². The zero-order valence-electron chi connectivity index (χ0n) is 16.5. The number of ether oxygens (including phenoxy) is 1. The van der Waals surface area contributed by atoms with E-state index in [2.05, 4.69) is 15.9 Å². The molecular formula is C24H15BrClNO5. The summed E-state index contributed by atoms with van der Waals surface area (Å²) in [6, 6.07) is 19.4. The van der Waals surface area contributed by atoms with Crippen molar-refractivity contribution in [2.24, 2.45) is 0 Å². The summed E-state index contributed by atoms with van der Waals surface area (Å²) in [7, 11) is 0. The number of Topliss-reactive ketones (excluding diaryl/α,β-unsaturated/α-hetero) is 1. The molecule has 0 fully saturated rings. The maximum Gasteiger partial charge on any atom is 0.327 e. The second-order valence-corrected chi connectivity index (χ2v) is 8.39. The summed E-state index contributed by atoms with van der Waals surface area (Å²) in [6.45, 7) is -0.615. The minimum absolute atomic E-state index is 0.201. The molecule has 160 valence electrons. The Morgan fingerprint density at radius 1 is 0.906 bits per heavy atom. The van der Waals surface area contributed by atoms with Crippen molar-refractivity contribution >= 4 is 51.1 Å². The minimum Gasteiger partial charge on any atom is -0.448 e. The van der Waals surface area contributed by atoms with E-state index < -0.39 is 36.2 Å². The van der Waals surface area contributed by atoms with Crippen molar-refractivity contribution in [1.82, 2.24) is 4.90 Å². The number of rotatable bonds is 6. The van der Waals surface area contributed by atoms with Gasteiger partial charge in [-0.25, -0.2) is 0 Å². The summed E-state index contributed by atoms with van der Waals surface area (Å²) in [5.74, 6) is -2.51. The first kappa shape index (κ1) is 21.9. The number of carbonyl (C=O) groups excluding carboxylic acids is 4. The lowest BCUT2D eigenvalue weighted by Gasteiger charge is -2.19. The number of imide groups is 1. The van der Waals surface area contributed by atoms with Crippen molar-refractivity contribution in [3.8, 4) is 0 Å². The highest BCUT2D eigenvalue weighted by Gasteiger charge is 2.38. The molecule has 0 radical (unpaired) electrons. The second kappa shape index (κ2) is 9.06. The van der Waals surface area contributed by atoms with Gasteiger partial charge >= 0.3 is 5.97 Å². The number of hydrogen-bond acceptors (Lipinski definition) is 5. The highest BCUT2D eigenvalue weighted by Crippen LogP contribution is 2.28. The number of esters is 1. The molecule has 0 saturated heterocycles. The Morgan fingerprint density at radius 2 is 1.56 bits per heavy atom. The first-order valence-electron chi connectivity index (χ1n) is 9.55. The van der Waals surface area contributed by atoms with Gasteiger partial charge in [0.2, 0.25) is 5.78 Å². The zero-order valence-corrected chi connectivity index (χ0v) is 18.8. The van der Waals surface area contributed by atoms with E-state index in [-0.39, 0.29) is 11.1 Å². The Bertz CT molecular complexity index is 1230. The van der Waals surface area contributed by atoms with E-state index in [1.54, 1.807) is 60.7 Å². The van der Waals surface area contributed by atoms with Crippen LogP contribution in [0.15, 0.2) is 77.3 Å². The van der Waals surface area contributed by atoms with Gasteiger partial charge in [-0.15, -0.1) is 0 Å². The molecule has 32 heavy (non-hydrogen) atoms. The van der Waals surface area contributed by atoms with Gasteiger partial charge in [0.05, 0.1) is 11.1 Å². The van der Waals surface area contributed by atoms with Crippen LogP contribution in [0.1, 0.15) is 42.7 Å². The molecule has 6 nitrogen and oxygen atoms in total. The van der Waals surface area contributed by atoms with Crippen LogP contribution in [0.4, 0.5) is 0 Å². The van der Waals surface area contributed by atoms with E-state index in [0.29, 0.717) is 20.6 Å². The van der Waals surface area contributed by atoms with Crippen LogP contribution in [0.2, 0.25) is 5.02 Å². The van der Waals surface area contributed by atoms with E-state index >= 15 is 0 Å². The first-order chi connectivity index (χ1) is 15.3. The maximum absolute atomic E-state index is 13.1. The van der Waals surface area contributed by atoms with Gasteiger partial charge in [0.1, 0.15) is 6.54 Å². The average molecular weight is 513 g/mol. The summed E-state index contributed by atoms with van der Waals surface area (Å²) >= 11 is 9.21. The highest BCUT2D eigenvalue weighted by atomic mass is 79.9. The molecule has 0 aromatic heterocycles. The lowest BCUT2D eigenvalue weighted by atomic mass is 10.00. The van der Waals surface area contributed by atoms with E-state index in [4.69, 9.17) is 16.3 Å². The van der Waals surface area contributed by atoms with Gasteiger partial charge < -0.3 is 4.74 Å². The van der Waals surface area contributed by atoms with Gasteiger partial charge in [-0.3, -0.25) is 24.1 Å². The number of nitrogens with zero attached hydrogens (tertiary/aromatic N) is 1. The minimum atomic E-state index is -1.26. The molecule has 1 atom stereocenters. The fourth-order valence-corrected chi connectivity index (χ4v) is 3.86. The molecule has 4 rings (SSSR count). The van der Waals surface area contributed by atoms with E-state index in [0.717, 1.165) is 4.90 Å². The Balaban J connectivity index is 1.57. The number of amides is 2. The molecule has 0 spiro atoms. The summed E-state index contributed by atoms with van der Waals surface area (Å²) in [4.78, 5) is 51.9. The molecule has 0 aliphatic carbocycles. The molecule has 0 saturated carbocycles. The molecule has 0 bridgehead atoms. The molecule has 0 unspecified atom stereocenters. The van der Waals surface area contributed by atoms with E-state index in [1.807, 2.05) is 0 Å². The third kappa shape index (κ3) is 4.35. The largest absolute Gasteiger partial charge is 0.448 e. The molecular weight excluding hydrogens is 498 g/mol. The lowest BCUT2D eigenvalue weighted by molar-refractivity contribution is -0.147. The number of halogens is 2. The van der Waals surface area contributed by atoms with Crippen LogP contribution in [-0.2, 0) is 9.53 Å². The molecule has 2 amide bonds. The number of ketones is 1. The van der Waals surface area contributed by atoms with Crippen molar-refractivity contribution in [1.29, 1.82) is 0 Å². The number of hydrogen-bond donors (Lipinski definition) is 0. The number of benzene rings is 3. The fraction of sp³-hybridized carbons (Fsp3) is 0.0833. The standard InChI is InChI=1S/C24H15BrClNO5/c25-16-8-11-18-19(12-16)24(31)27(23(18)30)13-20(28)32-22(15-6-9-17(26)10-7-15)21(29)14-4-2-1-3-5-14/h1-12,22H,13H2/t22-/m1/s1. The van der Waals surface area contributed by atoms with Crippen LogP contribution in [0.25, 0.3) is 0 Å². The third-order valence-corrected chi connectivity index (χ3v) is 5.68. The van der Waals surface area contributed by atoms with E-state index in [1.165, 1.54) is 12.1 Å². The Kier molecular flexibility index (Phi) is 6.21. The van der Waals surface area contributed by atoms with Gasteiger partial charge in [0.15, 0.2) is 6.10 Å². The molecule has 1 aliphatic rings. The molecule has 0 N–H and O–H groups in total. The Hall–Kier alpha value is -3.29. The summed E-state index contributed by atoms with van der Waals surface area (Å²) < 4.78 is 6.12. The maximum atomic E-state index is 13.1. The van der Waals surface area contributed by atoms with Crippen LogP contribution >= 0.6 is 27.5 Å². The Labute approximate surface area is 196 Å². The molecule has 1 heterocycles. The van der Waals surface area contributed by atoms with Crippen molar-refractivity contribution in [2.75, 3.05) is 6.54 Å². The highest BCUT2D eigenvalue weighted by molar-refractivity contribution is 9.10. The van der Waals surface area contributed by atoms with Crippen LogP contribution < -0.4 is 0 Å². The van der Waals surface area contributed by atoms with Gasteiger partial charge in [-0.2, -0.15) is 0 Å². The zero-order chi connectivity index (χ0) is 22.8. The number of carbonyl (C=O) groups is 4. The quantitative estimate of drug-likeness (QED) is 0.268. The van der Waals surface area contributed by atoms with Crippen LogP contribution in [0.5, 0.6) is 0 Å². The average Bonchev–Trinajstić information content (AvgIpc) is 3.02. The topological polar surface area (TPSA) is 80.8 Å². The Morgan fingerprint density at radius 3 is 2.25 bits per heavy atom. The van der Waals surface area contributed by atoms with Crippen molar-refractivity contribution < 1.29 is 23.9 Å². The molecule has 3 aromatic rings. The van der Waals surface area contributed by atoms with Gasteiger partial charge in [-0.05, 0) is 30.3 Å². The summed E-state index contributed by atoms with van der Waals surface area (Å²) in [6.07, 6.45) is -1.26. The fourth-order valence-electron chi connectivity index (χ4n) is 3.37. The third-order valence-electron chi connectivity index (χ3n) is 4.94. The van der Waals surface area contributed by atoms with Gasteiger partial charge in [-0.1, -0.05) is 70.0 Å². The smallest absolute Gasteiger partial charge is 0.327 e. The van der Waals surface area contributed by atoms with Gasteiger partial charge in [0, 0.05) is 20.6 Å². The first-order valence-corrected chi connectivity index (χ1v) is 10.7. The lowest BCUT2D eigenvalue weighted by Crippen LogP contribution is -2.36. The molecule has 8 heteroatoms. The van der Waals surface area contributed by atoms with Gasteiger partial charge in [0.25, 0.3) is 11.8 Å². The monoisotopic (exact) mass is 511 g/mol. The van der Waals surface area contributed by atoms with Crippen molar-refractivity contribution in [2.45, 2.75) is 6.10 Å². The van der Waals surface area contributed by atoms with Crippen LogP contribution in [0.3, 0.4) is 0 Å². The predicted octanol–water partition coefficient (Wildman–Crippen LogP) is 4.87. The summed E-state index contributed by atoms with van der Waals surface area (Å²) in [5.41, 5.74) is 1.18. The molecule has 3 aromatic carbocycles. The van der Waals surface area contributed by atoms with Crippen LogP contribution in [0, 0.1) is 0 Å². The van der Waals surface area contributed by atoms with Crippen molar-refractivity contribution in [3.05, 3.63) is 105 Å². The second-order valence-electron chi connectivity index (χ2n) is 7.04. The predicted molar refractivity (Wildman–Crippen MR) is 121 cm³/mol. The van der Waals surface area contributed by atoms with Crippen LogP contribution in [-0.4, -0.2) is 35.0 Å². The van der Waals surface area contributed by atoms with Crippen molar-refractivity contribution in [3.63, 3.8) is 0 Å². The molecule has 1 aliphatic heterocycles. The number of fused-ring (bicyclic) bond motifs is 1. The summed E-state index contributed by atoms with van der Waals surface area (Å²) in [5, 5.41) is 0.461.